The van der Waals surface area contributed by atoms with E-state index in [1.165, 1.54) is 5.56 Å². The van der Waals surface area contributed by atoms with Gasteiger partial charge in [-0.2, -0.15) is 5.48 Å². The minimum absolute atomic E-state index is 0.710. The Bertz CT molecular complexity index is 428. The highest BCUT2D eigenvalue weighted by molar-refractivity contribution is 5.78. The van der Waals surface area contributed by atoms with Crippen LogP contribution in [0.2, 0.25) is 0 Å². The molecule has 2 rings (SSSR count). The molecule has 1 N–H and O–H groups in total. The van der Waals surface area contributed by atoms with Gasteiger partial charge in [0, 0.05) is 18.1 Å². The summed E-state index contributed by atoms with van der Waals surface area (Å²) in [5, 5.41) is 1.16. The Hall–Kier alpha value is -1.45. The van der Waals surface area contributed by atoms with Crippen LogP contribution in [0.3, 0.4) is 0 Å². The van der Waals surface area contributed by atoms with Crippen molar-refractivity contribution in [2.45, 2.75) is 6.54 Å². The number of hydrogen-bond donors (Lipinski definition) is 1. The van der Waals surface area contributed by atoms with E-state index < -0.39 is 0 Å². The van der Waals surface area contributed by atoms with Gasteiger partial charge in [0.25, 0.3) is 0 Å². The molecule has 0 saturated heterocycles. The van der Waals surface area contributed by atoms with Gasteiger partial charge in [-0.1, -0.05) is 12.1 Å². The van der Waals surface area contributed by atoms with Crippen LogP contribution in [0.25, 0.3) is 10.9 Å². The molecule has 0 bridgehead atoms. The molecule has 1 aromatic heterocycles. The van der Waals surface area contributed by atoms with Gasteiger partial charge in [0.1, 0.15) is 0 Å². The van der Waals surface area contributed by atoms with Crippen LogP contribution in [0.4, 0.5) is 0 Å². The van der Waals surface area contributed by atoms with Gasteiger partial charge in [-0.25, -0.2) is 0 Å². The molecule has 0 aliphatic carbocycles. The van der Waals surface area contributed by atoms with E-state index in [2.05, 4.69) is 22.6 Å². The van der Waals surface area contributed by atoms with Crippen LogP contribution < -0.4 is 5.48 Å². The number of hydrogen-bond acceptors (Lipinski definition) is 3. The summed E-state index contributed by atoms with van der Waals surface area (Å²) < 4.78 is 0. The summed E-state index contributed by atoms with van der Waals surface area (Å²) in [7, 11) is 1.61. The van der Waals surface area contributed by atoms with Crippen LogP contribution in [0, 0.1) is 0 Å². The predicted octanol–water partition coefficient (Wildman–Crippen LogP) is 1.89. The highest BCUT2D eigenvalue weighted by Crippen LogP contribution is 2.12. The Labute approximate surface area is 82.7 Å². The summed E-state index contributed by atoms with van der Waals surface area (Å²) in [4.78, 5) is 9.04. The lowest BCUT2D eigenvalue weighted by Gasteiger charge is -2.03. The van der Waals surface area contributed by atoms with Crippen LogP contribution in [0.15, 0.2) is 36.5 Å². The molecule has 1 heterocycles. The van der Waals surface area contributed by atoms with Crippen molar-refractivity contribution < 1.29 is 4.84 Å². The first kappa shape index (κ1) is 9.12. The van der Waals surface area contributed by atoms with Crippen molar-refractivity contribution in [3.8, 4) is 0 Å². The fraction of sp³-hybridized carbons (Fsp3) is 0.182. The number of pyridine rings is 1. The third kappa shape index (κ3) is 1.89. The van der Waals surface area contributed by atoms with Gasteiger partial charge in [-0.15, -0.1) is 0 Å². The van der Waals surface area contributed by atoms with Crippen LogP contribution >= 0.6 is 0 Å². The molecule has 1 aromatic carbocycles. The van der Waals surface area contributed by atoms with Gasteiger partial charge >= 0.3 is 0 Å². The van der Waals surface area contributed by atoms with E-state index in [4.69, 9.17) is 4.84 Å². The molecule has 0 aliphatic heterocycles. The Kier molecular flexibility index (Phi) is 2.72. The molecular formula is C11H12N2O. The number of fused-ring (bicyclic) bond motifs is 1. The third-order valence-corrected chi connectivity index (χ3v) is 2.09. The van der Waals surface area contributed by atoms with Crippen molar-refractivity contribution in [1.82, 2.24) is 10.5 Å². The average Bonchev–Trinajstić information content (AvgIpc) is 2.26. The number of rotatable bonds is 3. The molecule has 0 radical (unpaired) electrons. The molecule has 0 fully saturated rings. The first-order chi connectivity index (χ1) is 6.90. The van der Waals surface area contributed by atoms with Gasteiger partial charge in [0.15, 0.2) is 0 Å². The summed E-state index contributed by atoms with van der Waals surface area (Å²) >= 11 is 0. The largest absolute Gasteiger partial charge is 0.305 e. The molecule has 14 heavy (non-hydrogen) atoms. The van der Waals surface area contributed by atoms with Crippen LogP contribution in [0.1, 0.15) is 5.56 Å². The molecule has 0 atom stereocenters. The van der Waals surface area contributed by atoms with Crippen LogP contribution in [0.5, 0.6) is 0 Å². The summed E-state index contributed by atoms with van der Waals surface area (Å²) in [6.45, 7) is 0.710. The zero-order chi connectivity index (χ0) is 9.80. The lowest BCUT2D eigenvalue weighted by molar-refractivity contribution is 0.0867. The molecule has 0 spiro atoms. The highest BCUT2D eigenvalue weighted by Gasteiger charge is 1.95. The molecule has 3 nitrogen and oxygen atoms in total. The maximum absolute atomic E-state index is 4.79. The van der Waals surface area contributed by atoms with E-state index in [0.29, 0.717) is 6.54 Å². The van der Waals surface area contributed by atoms with Crippen molar-refractivity contribution in [1.29, 1.82) is 0 Å². The van der Waals surface area contributed by atoms with Gasteiger partial charge in [-0.3, -0.25) is 4.98 Å². The minimum Gasteiger partial charge on any atom is -0.305 e. The molecule has 72 valence electrons. The molecule has 0 amide bonds. The molecule has 0 aliphatic rings. The van der Waals surface area contributed by atoms with Crippen LogP contribution in [-0.2, 0) is 11.4 Å². The van der Waals surface area contributed by atoms with E-state index in [9.17, 15) is 0 Å². The van der Waals surface area contributed by atoms with E-state index in [1.807, 2.05) is 18.2 Å². The maximum Gasteiger partial charge on any atom is 0.0702 e. The number of benzene rings is 1. The van der Waals surface area contributed by atoms with E-state index in [0.717, 1.165) is 10.9 Å². The van der Waals surface area contributed by atoms with Gasteiger partial charge in [-0.05, 0) is 23.8 Å². The summed E-state index contributed by atoms with van der Waals surface area (Å²) in [5.41, 5.74) is 5.02. The van der Waals surface area contributed by atoms with Crippen molar-refractivity contribution >= 4 is 10.9 Å². The lowest BCUT2D eigenvalue weighted by atomic mass is 10.1. The van der Waals surface area contributed by atoms with Crippen molar-refractivity contribution in [2.75, 3.05) is 7.11 Å². The second-order valence-electron chi connectivity index (χ2n) is 3.06. The smallest absolute Gasteiger partial charge is 0.0702 e. The molecular weight excluding hydrogens is 176 g/mol. The minimum atomic E-state index is 0.710. The fourth-order valence-corrected chi connectivity index (χ4v) is 1.39. The van der Waals surface area contributed by atoms with E-state index >= 15 is 0 Å². The Morgan fingerprint density at radius 2 is 2.29 bits per heavy atom. The van der Waals surface area contributed by atoms with Crippen LogP contribution in [-0.4, -0.2) is 12.1 Å². The second kappa shape index (κ2) is 4.17. The molecule has 0 unspecified atom stereocenters. The summed E-state index contributed by atoms with van der Waals surface area (Å²) in [6.07, 6.45) is 1.80. The second-order valence-corrected chi connectivity index (χ2v) is 3.06. The Morgan fingerprint density at radius 3 is 3.14 bits per heavy atom. The van der Waals surface area contributed by atoms with Gasteiger partial charge < -0.3 is 4.84 Å². The average molecular weight is 188 g/mol. The monoisotopic (exact) mass is 188 g/mol. The maximum atomic E-state index is 4.79. The first-order valence-electron chi connectivity index (χ1n) is 4.49. The number of nitrogens with one attached hydrogen (secondary N) is 1. The highest BCUT2D eigenvalue weighted by atomic mass is 16.6. The molecule has 3 heteroatoms. The van der Waals surface area contributed by atoms with Crippen molar-refractivity contribution in [3.05, 3.63) is 42.1 Å². The fourth-order valence-electron chi connectivity index (χ4n) is 1.39. The van der Waals surface area contributed by atoms with E-state index in [1.54, 1.807) is 13.3 Å². The Morgan fingerprint density at radius 1 is 1.36 bits per heavy atom. The zero-order valence-electron chi connectivity index (χ0n) is 8.03. The summed E-state index contributed by atoms with van der Waals surface area (Å²) in [5.74, 6) is 0. The summed E-state index contributed by atoms with van der Waals surface area (Å²) in [6, 6.07) is 10.2. The SMILES string of the molecule is CONCc1ccc2ncccc2c1. The van der Waals surface area contributed by atoms with Gasteiger partial charge in [0.2, 0.25) is 0 Å². The van der Waals surface area contributed by atoms with Gasteiger partial charge in [0.05, 0.1) is 12.6 Å². The normalized spacial score (nSPS) is 10.6. The number of hydroxylamine groups is 1. The third-order valence-electron chi connectivity index (χ3n) is 2.09. The standard InChI is InChI=1S/C11H12N2O/c1-14-13-8-9-4-5-11-10(7-9)3-2-6-12-11/h2-7,13H,8H2,1H3. The Balaban J connectivity index is 2.32. The van der Waals surface area contributed by atoms with Crippen molar-refractivity contribution in [2.24, 2.45) is 0 Å². The first-order valence-corrected chi connectivity index (χ1v) is 4.49. The van der Waals surface area contributed by atoms with E-state index in [-0.39, 0.29) is 0 Å². The number of aromatic nitrogens is 1. The predicted molar refractivity (Wildman–Crippen MR) is 55.6 cm³/mol. The quantitative estimate of drug-likeness (QED) is 0.747. The lowest BCUT2D eigenvalue weighted by Crippen LogP contribution is -2.10. The number of nitrogens with zero attached hydrogens (tertiary/aromatic N) is 1. The molecule has 2 aromatic rings. The van der Waals surface area contributed by atoms with Crippen molar-refractivity contribution in [3.63, 3.8) is 0 Å². The topological polar surface area (TPSA) is 34.1 Å². The molecule has 0 saturated carbocycles. The zero-order valence-corrected chi connectivity index (χ0v) is 8.03.